The van der Waals surface area contributed by atoms with Gasteiger partial charge >= 0.3 is 0 Å². The molecule has 0 saturated carbocycles. The number of amidine groups is 1. The Bertz CT molecular complexity index is 5150. The van der Waals surface area contributed by atoms with Gasteiger partial charge in [-0.3, -0.25) is 29.1 Å². The van der Waals surface area contributed by atoms with Crippen molar-refractivity contribution in [3.63, 3.8) is 0 Å². The van der Waals surface area contributed by atoms with Gasteiger partial charge in [0.15, 0.2) is 52.7 Å². The van der Waals surface area contributed by atoms with Crippen molar-refractivity contribution < 1.29 is 42.7 Å². The van der Waals surface area contributed by atoms with Crippen LogP contribution in [0.4, 0.5) is 23.1 Å². The standard InChI is InChI=1S/2C25H26N7O2.C24H25N8O2/c1-13-6-7-20-17(8-13)15(3)34-23-22(27)28-11-19(29-23)21-18(10-26)14(2)30-31(21)12-16-9-25(4,5)24(33)32(16)20;1-13-6-7-16-17(8-13)15(3)34-23-22(27)28-11-19(29-23)21-18(10-26)14(2)30-32(21)12-31-20(16)9-25(4,5)24(31)33;1-12-6-7-15-16(8-12)14(3)34-22-20(26)27-10-18(28-22)19-17(9-25)13(2)30-32(19)11-31-21(15)29-23(33)24(31,4)5/h2*6-9,11,14-15H,12H2,1-5H3,(H2,27,28);6-8,10,13-14H,11H2,1-5H3,(H2,26,27)/q3*+1/t2*14?,15-;13?,14-/m111/s1. The Morgan fingerprint density at radius 1 is 0.529 bits per heavy atom. The zero-order valence-electron chi connectivity index (χ0n) is 59.3. The molecule has 9 aliphatic rings. The molecule has 0 radical (unpaired) electrons. The third-order valence-electron chi connectivity index (χ3n) is 19.3. The van der Waals surface area contributed by atoms with Crippen LogP contribution in [-0.2, 0) is 14.4 Å². The van der Waals surface area contributed by atoms with Crippen LogP contribution >= 0.6 is 0 Å². The highest BCUT2D eigenvalue weighted by molar-refractivity contribution is 6.14. The van der Waals surface area contributed by atoms with Crippen molar-refractivity contribution in [1.82, 2.24) is 39.7 Å². The summed E-state index contributed by atoms with van der Waals surface area (Å²) in [6.07, 6.45) is 7.16. The Morgan fingerprint density at radius 2 is 0.941 bits per heavy atom. The molecule has 15 rings (SSSR count). The van der Waals surface area contributed by atoms with Crippen molar-refractivity contribution in [2.45, 2.75) is 146 Å². The molecule has 0 spiro atoms. The summed E-state index contributed by atoms with van der Waals surface area (Å²) in [5.74, 6) is 1.20. The van der Waals surface area contributed by atoms with Gasteiger partial charge in [0, 0.05) is 27.8 Å². The van der Waals surface area contributed by atoms with Gasteiger partial charge in [0.1, 0.15) is 64.6 Å². The maximum atomic E-state index is 13.6. The lowest BCUT2D eigenvalue weighted by atomic mass is 9.92. The van der Waals surface area contributed by atoms with E-state index in [-0.39, 0.29) is 84.3 Å². The molecule has 3 unspecified atom stereocenters. The smallest absolute Gasteiger partial charge is 0.276 e. The van der Waals surface area contributed by atoms with E-state index in [1.54, 1.807) is 23.9 Å². The van der Waals surface area contributed by atoms with E-state index in [0.717, 1.165) is 61.6 Å². The number of rotatable bonds is 0. The Labute approximate surface area is 589 Å². The number of hydrogen-bond acceptors (Lipinski definition) is 22. The average Bonchev–Trinajstić information content (AvgIpc) is 1.58. The predicted molar refractivity (Wildman–Crippen MR) is 374 cm³/mol. The van der Waals surface area contributed by atoms with E-state index in [0.29, 0.717) is 63.3 Å². The number of benzene rings is 3. The number of azo groups is 6. The highest BCUT2D eigenvalue weighted by atomic mass is 16.5. The van der Waals surface area contributed by atoms with Crippen LogP contribution in [0.25, 0.3) is 22.8 Å². The number of fused-ring (bicyclic) bond motifs is 21. The monoisotopic (exact) mass is 1370 g/mol. The summed E-state index contributed by atoms with van der Waals surface area (Å²) >= 11 is 0. The van der Waals surface area contributed by atoms with Gasteiger partial charge in [-0.05, 0) is 137 Å². The zero-order chi connectivity index (χ0) is 73.1. The molecule has 3 aromatic carbocycles. The molecule has 28 nitrogen and oxygen atoms in total. The molecule has 3 aromatic heterocycles. The molecule has 516 valence electrons. The second-order valence-corrected chi connectivity index (χ2v) is 28.2. The first-order valence-electron chi connectivity index (χ1n) is 33.4. The highest BCUT2D eigenvalue weighted by Crippen LogP contribution is 2.46. The SMILES string of the molecule is Cc1ccc2c(c1)[C@@H](C)Oc1nc(cnc1N)C1=C(C#N)C(C)N=[N+]1CC1=CC(C)(C)C(=O)N12.Cc1ccc2c(c1)[C@@H](C)Oc1nc(cnc1N)C1=C(C#N)C(C)N=[N+]1CN1C(=O)C(C)(C)C=C21.Cc1ccc2c(c1)[C@@H](C)Oc1nc(cnc1N)C1=C(C#N)C(C)N=[N+]1CN1C2=NC(=O)C1(C)C. The number of carbonyl (C=O) groups is 3. The van der Waals surface area contributed by atoms with E-state index in [4.69, 9.17) is 41.6 Å². The Balaban J connectivity index is 0.000000137. The molecular formula is C74H77N22O6+3. The van der Waals surface area contributed by atoms with E-state index in [2.05, 4.69) is 64.3 Å². The Kier molecular flexibility index (Phi) is 16.9. The van der Waals surface area contributed by atoms with Gasteiger partial charge in [-0.2, -0.15) is 20.8 Å². The van der Waals surface area contributed by atoms with Gasteiger partial charge < -0.3 is 31.4 Å². The fourth-order valence-corrected chi connectivity index (χ4v) is 13.9. The van der Waals surface area contributed by atoms with Crippen LogP contribution in [-0.4, -0.2) is 121 Å². The lowest BCUT2D eigenvalue weighted by Gasteiger charge is -2.31. The highest BCUT2D eigenvalue weighted by Gasteiger charge is 2.51. The summed E-state index contributed by atoms with van der Waals surface area (Å²) in [5.41, 5.74) is 30.0. The molecule has 0 aliphatic carbocycles. The predicted octanol–water partition coefficient (Wildman–Crippen LogP) is 10.6. The van der Waals surface area contributed by atoms with Crippen LogP contribution < -0.4 is 36.3 Å². The molecule has 28 heteroatoms. The van der Waals surface area contributed by atoms with E-state index in [9.17, 15) is 30.2 Å². The molecule has 102 heavy (non-hydrogen) atoms. The van der Waals surface area contributed by atoms with Gasteiger partial charge in [0.25, 0.3) is 54.0 Å². The lowest BCUT2D eigenvalue weighted by Crippen LogP contribution is -2.49. The number of aromatic nitrogens is 6. The first-order chi connectivity index (χ1) is 48.3. The number of aliphatic imine (C=N–C) groups is 1. The van der Waals surface area contributed by atoms with Crippen molar-refractivity contribution in [3.05, 3.63) is 169 Å². The van der Waals surface area contributed by atoms with Crippen LogP contribution in [0.3, 0.4) is 0 Å². The number of carbonyl (C=O) groups excluding carboxylic acids is 3. The summed E-state index contributed by atoms with van der Waals surface area (Å²) in [7, 11) is 0. The van der Waals surface area contributed by atoms with Crippen LogP contribution in [0.15, 0.2) is 128 Å². The van der Waals surface area contributed by atoms with Gasteiger partial charge in [0.05, 0.1) is 46.5 Å². The van der Waals surface area contributed by atoms with E-state index < -0.39 is 34.7 Å². The molecule has 6 N–H and O–H groups in total. The number of ether oxygens (including phenoxy) is 3. The number of amides is 3. The largest absolute Gasteiger partial charge is 0.467 e. The van der Waals surface area contributed by atoms with Crippen molar-refractivity contribution >= 4 is 69.5 Å². The van der Waals surface area contributed by atoms with Gasteiger partial charge in [-0.15, -0.1) is 0 Å². The first kappa shape index (κ1) is 68.3. The molecular weight excluding hydrogens is 1290 g/mol. The summed E-state index contributed by atoms with van der Waals surface area (Å²) in [5, 5.41) is 43.7. The lowest BCUT2D eigenvalue weighted by molar-refractivity contribution is -0.522. The van der Waals surface area contributed by atoms with E-state index in [1.807, 2.05) is 169 Å². The van der Waals surface area contributed by atoms with Gasteiger partial charge in [-0.1, -0.05) is 79.3 Å². The van der Waals surface area contributed by atoms with Gasteiger partial charge in [-0.25, -0.2) is 29.9 Å². The van der Waals surface area contributed by atoms with Crippen molar-refractivity contribution in [2.24, 2.45) is 31.2 Å². The van der Waals surface area contributed by atoms with E-state index in [1.165, 1.54) is 18.6 Å². The minimum Gasteiger partial charge on any atom is -0.467 e. The molecule has 9 aliphatic heterocycles. The summed E-state index contributed by atoms with van der Waals surface area (Å²) in [4.78, 5) is 76.7. The number of nitrogens with two attached hydrogens (primary N) is 3. The van der Waals surface area contributed by atoms with Crippen molar-refractivity contribution in [3.8, 4) is 35.8 Å². The van der Waals surface area contributed by atoms with Gasteiger partial charge in [0.2, 0.25) is 18.4 Å². The Hall–Kier alpha value is -12.3. The fourth-order valence-electron chi connectivity index (χ4n) is 13.9. The van der Waals surface area contributed by atoms with Crippen LogP contribution in [0.2, 0.25) is 0 Å². The number of hydrogen-bond donors (Lipinski definition) is 3. The Morgan fingerprint density at radius 3 is 1.43 bits per heavy atom. The molecule has 3 amide bonds. The molecule has 0 fully saturated rings. The molecule has 12 heterocycles. The maximum absolute atomic E-state index is 13.6. The molecule has 6 aromatic rings. The number of aryl methyl sites for hydroxylation is 3. The van der Waals surface area contributed by atoms with Crippen LogP contribution in [0, 0.1) is 65.6 Å². The topological polar surface area (TPSA) is 374 Å². The fraction of sp³-hybridized carbons (Fsp3) is 0.365. The van der Waals surface area contributed by atoms with E-state index >= 15 is 0 Å². The molecule has 0 saturated heterocycles. The molecule has 6 atom stereocenters. The molecule has 6 bridgehead atoms. The second-order valence-electron chi connectivity index (χ2n) is 28.2. The quantitative estimate of drug-likeness (QED) is 0.119. The van der Waals surface area contributed by atoms with Crippen molar-refractivity contribution in [1.29, 1.82) is 15.8 Å². The minimum absolute atomic E-state index is 0.0343. The normalized spacial score (nSPS) is 22.9. The number of nitrogens with zero attached hydrogens (tertiary/aromatic N) is 19. The zero-order valence-corrected chi connectivity index (χ0v) is 59.3. The number of anilines is 4. The maximum Gasteiger partial charge on any atom is 0.276 e. The first-order valence-corrected chi connectivity index (χ1v) is 33.4. The number of nitriles is 3. The minimum atomic E-state index is -0.914. The van der Waals surface area contributed by atoms with Crippen LogP contribution in [0.5, 0.6) is 17.6 Å². The van der Waals surface area contributed by atoms with Crippen LogP contribution in [0.1, 0.15) is 163 Å². The average molecular weight is 1370 g/mol. The second kappa shape index (κ2) is 25.2. The third kappa shape index (κ3) is 11.7. The summed E-state index contributed by atoms with van der Waals surface area (Å²) < 4.78 is 23.7. The third-order valence-corrected chi connectivity index (χ3v) is 19.3. The summed E-state index contributed by atoms with van der Waals surface area (Å²) in [6.45, 7) is 29.2. The summed E-state index contributed by atoms with van der Waals surface area (Å²) in [6, 6.07) is 23.6. The number of nitrogen functional groups attached to an aromatic ring is 3. The van der Waals surface area contributed by atoms with Crippen molar-refractivity contribution in [2.75, 3.05) is 42.0 Å².